The van der Waals surface area contributed by atoms with Gasteiger partial charge in [-0.3, -0.25) is 9.36 Å². The van der Waals surface area contributed by atoms with E-state index in [1.165, 1.54) is 59.3 Å². The van der Waals surface area contributed by atoms with Gasteiger partial charge in [0.2, 0.25) is 10.0 Å². The van der Waals surface area contributed by atoms with Crippen molar-refractivity contribution in [2.45, 2.75) is 11.8 Å². The number of sulfonamides is 1. The van der Waals surface area contributed by atoms with Crippen molar-refractivity contribution in [2.75, 3.05) is 11.9 Å². The normalized spacial score (nSPS) is 11.4. The Hall–Kier alpha value is -2.82. The molecule has 0 bridgehead atoms. The van der Waals surface area contributed by atoms with E-state index in [1.807, 2.05) is 0 Å². The summed E-state index contributed by atoms with van der Waals surface area (Å²) in [7, 11) is -3.57. The number of carbonyl (C=O) groups excluding carboxylic acids is 1. The van der Waals surface area contributed by atoms with Crippen LogP contribution in [-0.2, 0) is 10.0 Å². The minimum atomic E-state index is -3.57. The number of hydrogen-bond donors (Lipinski definition) is 3. The van der Waals surface area contributed by atoms with Gasteiger partial charge in [0.1, 0.15) is 11.5 Å². The van der Waals surface area contributed by atoms with Crippen molar-refractivity contribution in [3.63, 3.8) is 0 Å². The first-order valence-electron chi connectivity index (χ1n) is 8.29. The number of hydrogen-bond acceptors (Lipinski definition) is 4. The summed E-state index contributed by atoms with van der Waals surface area (Å²) in [6.07, 6.45) is 1.45. The van der Waals surface area contributed by atoms with Crippen molar-refractivity contribution in [1.29, 1.82) is 0 Å². The number of carbonyl (C=O) groups is 1. The van der Waals surface area contributed by atoms with E-state index in [1.54, 1.807) is 6.92 Å². The predicted molar refractivity (Wildman–Crippen MR) is 106 cm³/mol. The SMILES string of the molecule is CCNS(=O)(=O)c1ccc(NC(=O)c2c[nH]c(=S)n2-c2ccc(F)cc2)cc1. The Kier molecular flexibility index (Phi) is 5.73. The fraction of sp³-hybridized carbons (Fsp3) is 0.111. The molecule has 0 aliphatic rings. The van der Waals surface area contributed by atoms with Gasteiger partial charge < -0.3 is 10.3 Å². The minimum absolute atomic E-state index is 0.100. The first-order valence-corrected chi connectivity index (χ1v) is 10.2. The summed E-state index contributed by atoms with van der Waals surface area (Å²) >= 11 is 5.21. The van der Waals surface area contributed by atoms with E-state index in [4.69, 9.17) is 12.2 Å². The van der Waals surface area contributed by atoms with Gasteiger partial charge in [0, 0.05) is 24.1 Å². The van der Waals surface area contributed by atoms with Gasteiger partial charge in [-0.15, -0.1) is 0 Å². The lowest BCUT2D eigenvalue weighted by molar-refractivity contribution is 0.102. The van der Waals surface area contributed by atoms with E-state index in [9.17, 15) is 17.6 Å². The third-order valence-electron chi connectivity index (χ3n) is 3.85. The number of imidazole rings is 1. The smallest absolute Gasteiger partial charge is 0.274 e. The Balaban J connectivity index is 1.85. The summed E-state index contributed by atoms with van der Waals surface area (Å²) in [5.41, 5.74) is 1.17. The molecular weight excluding hydrogens is 403 g/mol. The van der Waals surface area contributed by atoms with Crippen LogP contribution in [0.3, 0.4) is 0 Å². The Labute approximate surface area is 166 Å². The van der Waals surface area contributed by atoms with Crippen molar-refractivity contribution >= 4 is 33.8 Å². The second kappa shape index (κ2) is 8.05. The Morgan fingerprint density at radius 3 is 2.39 bits per heavy atom. The van der Waals surface area contributed by atoms with Gasteiger partial charge in [-0.1, -0.05) is 6.92 Å². The van der Waals surface area contributed by atoms with E-state index >= 15 is 0 Å². The molecule has 0 radical (unpaired) electrons. The lowest BCUT2D eigenvalue weighted by Crippen LogP contribution is -2.23. The van der Waals surface area contributed by atoms with Crippen molar-refractivity contribution in [3.05, 3.63) is 71.0 Å². The molecule has 2 aromatic carbocycles. The number of aromatic amines is 1. The number of H-pyrrole nitrogens is 1. The maximum absolute atomic E-state index is 13.2. The summed E-state index contributed by atoms with van der Waals surface area (Å²) in [6.45, 7) is 1.97. The Bertz CT molecular complexity index is 1150. The fourth-order valence-corrected chi connectivity index (χ4v) is 3.87. The molecule has 146 valence electrons. The highest BCUT2D eigenvalue weighted by Gasteiger charge is 2.16. The number of halogens is 1. The van der Waals surface area contributed by atoms with Crippen LogP contribution in [0.25, 0.3) is 5.69 Å². The molecule has 1 amide bonds. The summed E-state index contributed by atoms with van der Waals surface area (Å²) in [6, 6.07) is 11.3. The van der Waals surface area contributed by atoms with Crippen LogP contribution < -0.4 is 10.0 Å². The molecule has 3 aromatic rings. The predicted octanol–water partition coefficient (Wildman–Crippen LogP) is 3.22. The molecule has 3 rings (SSSR count). The molecule has 28 heavy (non-hydrogen) atoms. The lowest BCUT2D eigenvalue weighted by atomic mass is 10.3. The quantitative estimate of drug-likeness (QED) is 0.534. The Morgan fingerprint density at radius 1 is 1.14 bits per heavy atom. The molecule has 0 saturated carbocycles. The molecule has 1 heterocycles. The molecule has 7 nitrogen and oxygen atoms in total. The molecule has 3 N–H and O–H groups in total. The second-order valence-electron chi connectivity index (χ2n) is 5.77. The third kappa shape index (κ3) is 4.19. The first kappa shape index (κ1) is 19.9. The molecule has 1 aromatic heterocycles. The largest absolute Gasteiger partial charge is 0.336 e. The lowest BCUT2D eigenvalue weighted by Gasteiger charge is -2.10. The number of benzene rings is 2. The second-order valence-corrected chi connectivity index (χ2v) is 7.92. The average Bonchev–Trinajstić information content (AvgIpc) is 3.04. The van der Waals surface area contributed by atoms with Crippen molar-refractivity contribution in [3.8, 4) is 5.69 Å². The first-order chi connectivity index (χ1) is 13.3. The van der Waals surface area contributed by atoms with Gasteiger partial charge in [-0.05, 0) is 60.7 Å². The Morgan fingerprint density at radius 2 is 1.79 bits per heavy atom. The number of nitrogens with one attached hydrogen (secondary N) is 3. The van der Waals surface area contributed by atoms with Crippen molar-refractivity contribution in [1.82, 2.24) is 14.3 Å². The zero-order valence-corrected chi connectivity index (χ0v) is 16.4. The molecule has 0 aliphatic carbocycles. The molecule has 0 spiro atoms. The van der Waals surface area contributed by atoms with Crippen LogP contribution in [0.2, 0.25) is 0 Å². The summed E-state index contributed by atoms with van der Waals surface area (Å²) in [5, 5.41) is 2.69. The van der Waals surface area contributed by atoms with Gasteiger partial charge in [-0.2, -0.15) is 0 Å². The van der Waals surface area contributed by atoms with Crippen LogP contribution in [0.4, 0.5) is 10.1 Å². The van der Waals surface area contributed by atoms with E-state index in [0.717, 1.165) is 0 Å². The number of anilines is 1. The van der Waals surface area contributed by atoms with Gasteiger partial charge in [0.15, 0.2) is 4.77 Å². The van der Waals surface area contributed by atoms with Gasteiger partial charge in [0.05, 0.1) is 4.90 Å². The summed E-state index contributed by atoms with van der Waals surface area (Å²) < 4.78 is 41.3. The minimum Gasteiger partial charge on any atom is -0.336 e. The van der Waals surface area contributed by atoms with Crippen molar-refractivity contribution in [2.24, 2.45) is 0 Å². The molecule has 0 unspecified atom stereocenters. The molecule has 0 fully saturated rings. The van der Waals surface area contributed by atoms with E-state index in [-0.39, 0.29) is 21.9 Å². The number of amides is 1. The maximum atomic E-state index is 13.2. The number of rotatable bonds is 6. The van der Waals surface area contributed by atoms with Crippen LogP contribution in [0.5, 0.6) is 0 Å². The molecular formula is C18H17FN4O3S2. The van der Waals surface area contributed by atoms with Crippen LogP contribution in [0.15, 0.2) is 59.6 Å². The van der Waals surface area contributed by atoms with Crippen LogP contribution in [0, 0.1) is 10.6 Å². The third-order valence-corrected chi connectivity index (χ3v) is 5.71. The molecule has 0 saturated heterocycles. The molecule has 0 atom stereocenters. The van der Waals surface area contributed by atoms with Crippen LogP contribution in [-0.4, -0.2) is 30.4 Å². The number of nitrogens with zero attached hydrogens (tertiary/aromatic N) is 1. The zero-order valence-electron chi connectivity index (χ0n) is 14.8. The standard InChI is InChI=1S/C18H17FN4O3S2/c1-2-21-28(25,26)15-9-5-13(6-10-15)22-17(24)16-11-20-18(27)23(16)14-7-3-12(19)4-8-14/h3-11,21H,2H2,1H3,(H,20,27)(H,22,24). The van der Waals surface area contributed by atoms with E-state index < -0.39 is 21.7 Å². The monoisotopic (exact) mass is 420 g/mol. The number of aromatic nitrogens is 2. The highest BCUT2D eigenvalue weighted by atomic mass is 32.2. The van der Waals surface area contributed by atoms with Gasteiger partial charge in [-0.25, -0.2) is 17.5 Å². The molecule has 0 aliphatic heterocycles. The molecule has 10 heteroatoms. The summed E-state index contributed by atoms with van der Waals surface area (Å²) in [4.78, 5) is 15.6. The highest BCUT2D eigenvalue weighted by Crippen LogP contribution is 2.17. The average molecular weight is 420 g/mol. The zero-order chi connectivity index (χ0) is 20.3. The van der Waals surface area contributed by atoms with Crippen molar-refractivity contribution < 1.29 is 17.6 Å². The van der Waals surface area contributed by atoms with Crippen LogP contribution in [0.1, 0.15) is 17.4 Å². The summed E-state index contributed by atoms with van der Waals surface area (Å²) in [5.74, 6) is -0.858. The topological polar surface area (TPSA) is 96.0 Å². The van der Waals surface area contributed by atoms with E-state index in [0.29, 0.717) is 11.4 Å². The van der Waals surface area contributed by atoms with Gasteiger partial charge in [0.25, 0.3) is 5.91 Å². The van der Waals surface area contributed by atoms with E-state index in [2.05, 4.69) is 15.0 Å². The van der Waals surface area contributed by atoms with Crippen LogP contribution >= 0.6 is 12.2 Å². The fourth-order valence-electron chi connectivity index (χ4n) is 2.57. The maximum Gasteiger partial charge on any atom is 0.274 e. The highest BCUT2D eigenvalue weighted by molar-refractivity contribution is 7.89. The van der Waals surface area contributed by atoms with Gasteiger partial charge >= 0.3 is 0 Å².